The molecule has 1 saturated carbocycles. The highest BCUT2D eigenvalue weighted by Crippen LogP contribution is 2.38. The summed E-state index contributed by atoms with van der Waals surface area (Å²) in [5.74, 6) is 2.78. The maximum absolute atomic E-state index is 3.85. The van der Waals surface area contributed by atoms with Crippen molar-refractivity contribution < 1.29 is 0 Å². The highest BCUT2D eigenvalue weighted by Gasteiger charge is 2.35. The Morgan fingerprint density at radius 1 is 1.20 bits per heavy atom. The van der Waals surface area contributed by atoms with Crippen molar-refractivity contribution in [1.82, 2.24) is 5.32 Å². The van der Waals surface area contributed by atoms with Crippen LogP contribution in [0.3, 0.4) is 0 Å². The van der Waals surface area contributed by atoms with Crippen molar-refractivity contribution in [1.29, 1.82) is 0 Å². The summed E-state index contributed by atoms with van der Waals surface area (Å²) in [5.41, 5.74) is 0. The average Bonchev–Trinajstić information content (AvgIpc) is 2.42. The summed E-state index contributed by atoms with van der Waals surface area (Å²) in [6.07, 6.45) is 4.92. The molecule has 1 heteroatoms. The van der Waals surface area contributed by atoms with Crippen LogP contribution in [0.25, 0.3) is 0 Å². The second kappa shape index (κ2) is 2.39. The first-order chi connectivity index (χ1) is 4.90. The first kappa shape index (κ1) is 6.41. The average molecular weight is 137 g/mol. The molecule has 1 N–H and O–H groups in total. The van der Waals surface area contributed by atoms with Gasteiger partial charge in [-0.3, -0.25) is 0 Å². The van der Waals surface area contributed by atoms with Crippen molar-refractivity contribution in [3.8, 4) is 0 Å². The van der Waals surface area contributed by atoms with Crippen molar-refractivity contribution in [3.63, 3.8) is 0 Å². The normalized spacial score (nSPS) is 45.4. The SMILES string of the molecule is C=CC1CC2CNCC2C1. The van der Waals surface area contributed by atoms with Crippen LogP contribution < -0.4 is 5.32 Å². The summed E-state index contributed by atoms with van der Waals surface area (Å²) in [6, 6.07) is 0. The molecule has 1 nitrogen and oxygen atoms in total. The van der Waals surface area contributed by atoms with Crippen LogP contribution in [-0.4, -0.2) is 13.1 Å². The zero-order chi connectivity index (χ0) is 6.97. The molecule has 1 heterocycles. The number of nitrogens with one attached hydrogen (secondary N) is 1. The molecule has 2 fully saturated rings. The van der Waals surface area contributed by atoms with Crippen LogP contribution in [0.4, 0.5) is 0 Å². The number of fused-ring (bicyclic) bond motifs is 1. The minimum absolute atomic E-state index is 0.831. The maximum atomic E-state index is 3.85. The second-order valence-electron chi connectivity index (χ2n) is 3.65. The van der Waals surface area contributed by atoms with Gasteiger partial charge in [-0.15, -0.1) is 6.58 Å². The standard InChI is InChI=1S/C9H15N/c1-2-7-3-8-5-10-6-9(8)4-7/h2,7-10H,1,3-6H2. The quantitative estimate of drug-likeness (QED) is 0.539. The topological polar surface area (TPSA) is 12.0 Å². The first-order valence-electron chi connectivity index (χ1n) is 4.23. The summed E-state index contributed by atoms with van der Waals surface area (Å²) in [6.45, 7) is 6.37. The lowest BCUT2D eigenvalue weighted by atomic mass is 10.0. The number of allylic oxidation sites excluding steroid dienone is 1. The van der Waals surface area contributed by atoms with Gasteiger partial charge in [0.05, 0.1) is 0 Å². The van der Waals surface area contributed by atoms with Gasteiger partial charge >= 0.3 is 0 Å². The second-order valence-corrected chi connectivity index (χ2v) is 3.65. The monoisotopic (exact) mass is 137 g/mol. The molecule has 2 aliphatic rings. The molecule has 0 aromatic heterocycles. The van der Waals surface area contributed by atoms with Crippen LogP contribution in [0, 0.1) is 17.8 Å². The summed E-state index contributed by atoms with van der Waals surface area (Å²) < 4.78 is 0. The summed E-state index contributed by atoms with van der Waals surface area (Å²) in [7, 11) is 0. The Morgan fingerprint density at radius 3 is 2.30 bits per heavy atom. The van der Waals surface area contributed by atoms with Crippen LogP contribution in [0.5, 0.6) is 0 Å². The fourth-order valence-electron chi connectivity index (χ4n) is 2.41. The minimum Gasteiger partial charge on any atom is -0.316 e. The molecule has 2 atom stereocenters. The molecule has 2 rings (SSSR count). The molecule has 56 valence electrons. The Hall–Kier alpha value is -0.300. The van der Waals surface area contributed by atoms with E-state index in [1.165, 1.54) is 25.9 Å². The van der Waals surface area contributed by atoms with E-state index in [2.05, 4.69) is 18.0 Å². The summed E-state index contributed by atoms with van der Waals surface area (Å²) in [5, 5.41) is 3.43. The van der Waals surface area contributed by atoms with Gasteiger partial charge in [-0.2, -0.15) is 0 Å². The van der Waals surface area contributed by atoms with E-state index in [-0.39, 0.29) is 0 Å². The van der Waals surface area contributed by atoms with Gasteiger partial charge in [0, 0.05) is 0 Å². The molecule has 0 aromatic rings. The lowest BCUT2D eigenvalue weighted by Gasteiger charge is -2.02. The third-order valence-corrected chi connectivity index (χ3v) is 3.02. The Kier molecular flexibility index (Phi) is 1.53. The Bertz CT molecular complexity index is 130. The van der Waals surface area contributed by atoms with Gasteiger partial charge in [-0.05, 0) is 43.7 Å². The molecule has 2 unspecified atom stereocenters. The molecule has 1 aliphatic carbocycles. The number of hydrogen-bond acceptors (Lipinski definition) is 1. The van der Waals surface area contributed by atoms with E-state index in [9.17, 15) is 0 Å². The highest BCUT2D eigenvalue weighted by atomic mass is 14.9. The summed E-state index contributed by atoms with van der Waals surface area (Å²) >= 11 is 0. The van der Waals surface area contributed by atoms with E-state index in [1.807, 2.05) is 0 Å². The van der Waals surface area contributed by atoms with Gasteiger partial charge in [0.15, 0.2) is 0 Å². The third kappa shape index (κ3) is 0.891. The van der Waals surface area contributed by atoms with Crippen LogP contribution in [0.2, 0.25) is 0 Å². The molecule has 0 bridgehead atoms. The smallest absolute Gasteiger partial charge is 0.00171 e. The van der Waals surface area contributed by atoms with Gasteiger partial charge in [-0.1, -0.05) is 6.08 Å². The molecule has 0 radical (unpaired) electrons. The molecule has 1 aliphatic heterocycles. The summed E-state index contributed by atoms with van der Waals surface area (Å²) in [4.78, 5) is 0. The Balaban J connectivity index is 1.99. The molecule has 0 spiro atoms. The van der Waals surface area contributed by atoms with Crippen LogP contribution in [0.1, 0.15) is 12.8 Å². The van der Waals surface area contributed by atoms with E-state index in [0.29, 0.717) is 0 Å². The Morgan fingerprint density at radius 2 is 1.80 bits per heavy atom. The largest absolute Gasteiger partial charge is 0.316 e. The Labute approximate surface area is 62.5 Å². The zero-order valence-electron chi connectivity index (χ0n) is 6.34. The van der Waals surface area contributed by atoms with E-state index < -0.39 is 0 Å². The lowest BCUT2D eigenvalue weighted by molar-refractivity contribution is 0.494. The van der Waals surface area contributed by atoms with E-state index in [4.69, 9.17) is 0 Å². The van der Waals surface area contributed by atoms with Crippen LogP contribution in [-0.2, 0) is 0 Å². The van der Waals surface area contributed by atoms with Crippen LogP contribution >= 0.6 is 0 Å². The maximum Gasteiger partial charge on any atom is -0.00171 e. The number of hydrogen-bond donors (Lipinski definition) is 1. The van der Waals surface area contributed by atoms with Gasteiger partial charge < -0.3 is 5.32 Å². The fraction of sp³-hybridized carbons (Fsp3) is 0.778. The molecule has 1 saturated heterocycles. The van der Waals surface area contributed by atoms with Gasteiger partial charge in [0.25, 0.3) is 0 Å². The van der Waals surface area contributed by atoms with Crippen molar-refractivity contribution in [3.05, 3.63) is 12.7 Å². The van der Waals surface area contributed by atoms with Gasteiger partial charge in [0.2, 0.25) is 0 Å². The predicted molar refractivity (Wildman–Crippen MR) is 42.8 cm³/mol. The van der Waals surface area contributed by atoms with Gasteiger partial charge in [-0.25, -0.2) is 0 Å². The molecular formula is C9H15N. The zero-order valence-corrected chi connectivity index (χ0v) is 6.34. The fourth-order valence-corrected chi connectivity index (χ4v) is 2.41. The number of rotatable bonds is 1. The first-order valence-corrected chi connectivity index (χ1v) is 4.23. The van der Waals surface area contributed by atoms with Crippen molar-refractivity contribution in [2.75, 3.05) is 13.1 Å². The third-order valence-electron chi connectivity index (χ3n) is 3.02. The van der Waals surface area contributed by atoms with Crippen molar-refractivity contribution in [2.45, 2.75) is 12.8 Å². The molecule has 0 amide bonds. The minimum atomic E-state index is 0.831. The molecular weight excluding hydrogens is 122 g/mol. The van der Waals surface area contributed by atoms with E-state index >= 15 is 0 Å². The molecule has 10 heavy (non-hydrogen) atoms. The predicted octanol–water partition coefficient (Wildman–Crippen LogP) is 1.42. The molecule has 0 aromatic carbocycles. The van der Waals surface area contributed by atoms with E-state index in [0.717, 1.165) is 17.8 Å². The van der Waals surface area contributed by atoms with Crippen molar-refractivity contribution in [2.24, 2.45) is 17.8 Å². The van der Waals surface area contributed by atoms with Gasteiger partial charge in [0.1, 0.15) is 0 Å². The highest BCUT2D eigenvalue weighted by molar-refractivity contribution is 4.95. The van der Waals surface area contributed by atoms with Crippen LogP contribution in [0.15, 0.2) is 12.7 Å². The van der Waals surface area contributed by atoms with Crippen molar-refractivity contribution >= 4 is 0 Å². The lowest BCUT2D eigenvalue weighted by Crippen LogP contribution is -2.11. The van der Waals surface area contributed by atoms with E-state index in [1.54, 1.807) is 0 Å².